The van der Waals surface area contributed by atoms with Crippen molar-refractivity contribution >= 4 is 5.91 Å². The van der Waals surface area contributed by atoms with Crippen LogP contribution in [0, 0.1) is 5.92 Å². The van der Waals surface area contributed by atoms with Crippen molar-refractivity contribution < 1.29 is 4.79 Å². The molecule has 0 spiro atoms. The van der Waals surface area contributed by atoms with Crippen molar-refractivity contribution in [3.8, 4) is 0 Å². The maximum atomic E-state index is 10.8. The zero-order valence-corrected chi connectivity index (χ0v) is 12.2. The van der Waals surface area contributed by atoms with Crippen molar-refractivity contribution in [2.75, 3.05) is 32.7 Å². The molecule has 106 valence electrons. The first-order valence-electron chi connectivity index (χ1n) is 7.33. The average molecular weight is 255 g/mol. The minimum absolute atomic E-state index is 0.0521. The van der Waals surface area contributed by atoms with E-state index >= 15 is 0 Å². The van der Waals surface area contributed by atoms with Crippen LogP contribution in [-0.2, 0) is 4.79 Å². The lowest BCUT2D eigenvalue weighted by Gasteiger charge is -2.36. The van der Waals surface area contributed by atoms with E-state index in [2.05, 4.69) is 29.4 Å². The van der Waals surface area contributed by atoms with Gasteiger partial charge in [-0.25, -0.2) is 0 Å². The van der Waals surface area contributed by atoms with Gasteiger partial charge in [0.15, 0.2) is 0 Å². The number of hydrogen-bond donors (Lipinski definition) is 2. The van der Waals surface area contributed by atoms with E-state index < -0.39 is 0 Å². The van der Waals surface area contributed by atoms with Crippen molar-refractivity contribution in [3.63, 3.8) is 0 Å². The highest BCUT2D eigenvalue weighted by Crippen LogP contribution is 2.19. The fourth-order valence-electron chi connectivity index (χ4n) is 2.72. The third-order valence-electron chi connectivity index (χ3n) is 3.75. The Bertz CT molecular complexity index is 243. The molecule has 0 aromatic rings. The number of nitrogens with zero attached hydrogens (tertiary/aromatic N) is 1. The van der Waals surface area contributed by atoms with Crippen molar-refractivity contribution in [3.05, 3.63) is 0 Å². The van der Waals surface area contributed by atoms with Crippen LogP contribution in [0.15, 0.2) is 0 Å². The highest BCUT2D eigenvalue weighted by Gasteiger charge is 2.23. The van der Waals surface area contributed by atoms with Gasteiger partial charge in [-0.05, 0) is 45.2 Å². The SMILES string of the molecule is CCCN1CCCC(C(C)NCCNC(C)=O)C1. The Morgan fingerprint density at radius 2 is 2.22 bits per heavy atom. The number of carbonyl (C=O) groups excluding carboxylic acids is 1. The molecule has 1 fully saturated rings. The summed E-state index contributed by atoms with van der Waals surface area (Å²) in [4.78, 5) is 13.3. The molecule has 2 unspecified atom stereocenters. The lowest BCUT2D eigenvalue weighted by atomic mass is 9.91. The first-order valence-corrected chi connectivity index (χ1v) is 7.33. The van der Waals surface area contributed by atoms with Gasteiger partial charge < -0.3 is 15.5 Å². The van der Waals surface area contributed by atoms with Crippen LogP contribution in [0.3, 0.4) is 0 Å². The van der Waals surface area contributed by atoms with Crippen LogP contribution in [0.2, 0.25) is 0 Å². The molecule has 0 aromatic carbocycles. The molecule has 2 N–H and O–H groups in total. The van der Waals surface area contributed by atoms with Crippen LogP contribution >= 0.6 is 0 Å². The summed E-state index contributed by atoms with van der Waals surface area (Å²) in [7, 11) is 0. The van der Waals surface area contributed by atoms with E-state index in [1.165, 1.54) is 38.9 Å². The monoisotopic (exact) mass is 255 g/mol. The Labute approximate surface area is 111 Å². The third kappa shape index (κ3) is 5.83. The normalized spacial score (nSPS) is 22.7. The van der Waals surface area contributed by atoms with Gasteiger partial charge in [-0.2, -0.15) is 0 Å². The number of carbonyl (C=O) groups is 1. The summed E-state index contributed by atoms with van der Waals surface area (Å²) < 4.78 is 0. The highest BCUT2D eigenvalue weighted by atomic mass is 16.1. The van der Waals surface area contributed by atoms with Crippen LogP contribution in [0.4, 0.5) is 0 Å². The molecule has 4 nitrogen and oxygen atoms in total. The summed E-state index contributed by atoms with van der Waals surface area (Å²) in [6.45, 7) is 11.4. The first-order chi connectivity index (χ1) is 8.63. The van der Waals surface area contributed by atoms with Crippen LogP contribution in [0.1, 0.15) is 40.0 Å². The van der Waals surface area contributed by atoms with Gasteiger partial charge in [-0.1, -0.05) is 6.92 Å². The van der Waals surface area contributed by atoms with Gasteiger partial charge in [-0.3, -0.25) is 4.79 Å². The maximum absolute atomic E-state index is 10.8. The summed E-state index contributed by atoms with van der Waals surface area (Å²) in [5, 5.41) is 6.35. The molecule has 1 aliphatic heterocycles. The van der Waals surface area contributed by atoms with Gasteiger partial charge in [0.2, 0.25) is 5.91 Å². The van der Waals surface area contributed by atoms with Crippen molar-refractivity contribution in [2.45, 2.75) is 46.1 Å². The molecule has 1 aliphatic rings. The fourth-order valence-corrected chi connectivity index (χ4v) is 2.72. The molecule has 0 bridgehead atoms. The van der Waals surface area contributed by atoms with Gasteiger partial charge >= 0.3 is 0 Å². The summed E-state index contributed by atoms with van der Waals surface area (Å²) >= 11 is 0. The Morgan fingerprint density at radius 1 is 1.44 bits per heavy atom. The molecule has 18 heavy (non-hydrogen) atoms. The standard InChI is InChI=1S/C14H29N3O/c1-4-9-17-10-5-6-14(11-17)12(2)15-7-8-16-13(3)18/h12,14-15H,4-11H2,1-3H3,(H,16,18). The average Bonchev–Trinajstić information content (AvgIpc) is 2.35. The van der Waals surface area contributed by atoms with Gasteiger partial charge in [-0.15, -0.1) is 0 Å². The zero-order chi connectivity index (χ0) is 13.4. The number of likely N-dealkylation sites (tertiary alicyclic amines) is 1. The largest absolute Gasteiger partial charge is 0.355 e. The van der Waals surface area contributed by atoms with E-state index in [0.717, 1.165) is 19.0 Å². The van der Waals surface area contributed by atoms with E-state index in [-0.39, 0.29) is 5.91 Å². The highest BCUT2D eigenvalue weighted by molar-refractivity contribution is 5.72. The molecule has 0 radical (unpaired) electrons. The second kappa shape index (κ2) is 8.48. The number of rotatable bonds is 7. The molecule has 2 atom stereocenters. The van der Waals surface area contributed by atoms with Crippen LogP contribution in [0.5, 0.6) is 0 Å². The summed E-state index contributed by atoms with van der Waals surface area (Å²) in [6.07, 6.45) is 3.90. The van der Waals surface area contributed by atoms with Gasteiger partial charge in [0, 0.05) is 32.6 Å². The van der Waals surface area contributed by atoms with Crippen LogP contribution < -0.4 is 10.6 Å². The predicted molar refractivity (Wildman–Crippen MR) is 75.6 cm³/mol. The summed E-state index contributed by atoms with van der Waals surface area (Å²) in [5.74, 6) is 0.805. The Balaban J connectivity index is 2.19. The molecule has 1 amide bonds. The lowest BCUT2D eigenvalue weighted by molar-refractivity contribution is -0.118. The molecule has 0 aromatic heterocycles. The van der Waals surface area contributed by atoms with Crippen LogP contribution in [0.25, 0.3) is 0 Å². The summed E-state index contributed by atoms with van der Waals surface area (Å²) in [6, 6.07) is 0.540. The van der Waals surface area contributed by atoms with Gasteiger partial charge in [0.1, 0.15) is 0 Å². The Morgan fingerprint density at radius 3 is 2.89 bits per heavy atom. The molecule has 1 rings (SSSR count). The van der Waals surface area contributed by atoms with Crippen molar-refractivity contribution in [1.29, 1.82) is 0 Å². The summed E-state index contributed by atoms with van der Waals surface area (Å²) in [5.41, 5.74) is 0. The van der Waals surface area contributed by atoms with Crippen molar-refractivity contribution in [1.82, 2.24) is 15.5 Å². The topological polar surface area (TPSA) is 44.4 Å². The van der Waals surface area contributed by atoms with E-state index in [9.17, 15) is 4.79 Å². The minimum atomic E-state index is 0.0521. The molecular weight excluding hydrogens is 226 g/mol. The molecule has 0 saturated carbocycles. The second-order valence-corrected chi connectivity index (χ2v) is 5.43. The smallest absolute Gasteiger partial charge is 0.216 e. The van der Waals surface area contributed by atoms with E-state index in [4.69, 9.17) is 0 Å². The minimum Gasteiger partial charge on any atom is -0.355 e. The molecule has 0 aliphatic carbocycles. The fraction of sp³-hybridized carbons (Fsp3) is 0.929. The van der Waals surface area contributed by atoms with Gasteiger partial charge in [0.05, 0.1) is 0 Å². The predicted octanol–water partition coefficient (Wildman–Crippen LogP) is 1.22. The van der Waals surface area contributed by atoms with Crippen LogP contribution in [-0.4, -0.2) is 49.6 Å². The number of hydrogen-bond acceptors (Lipinski definition) is 3. The second-order valence-electron chi connectivity index (χ2n) is 5.43. The van der Waals surface area contributed by atoms with E-state index in [1.807, 2.05) is 0 Å². The van der Waals surface area contributed by atoms with Crippen molar-refractivity contribution in [2.24, 2.45) is 5.92 Å². The third-order valence-corrected chi connectivity index (χ3v) is 3.75. The van der Waals surface area contributed by atoms with E-state index in [1.54, 1.807) is 6.92 Å². The maximum Gasteiger partial charge on any atom is 0.216 e. The molecule has 1 saturated heterocycles. The number of piperidine rings is 1. The first kappa shape index (κ1) is 15.4. The molecule has 4 heteroatoms. The quantitative estimate of drug-likeness (QED) is 0.672. The number of nitrogens with one attached hydrogen (secondary N) is 2. The zero-order valence-electron chi connectivity index (χ0n) is 12.2. The molecular formula is C14H29N3O. The lowest BCUT2D eigenvalue weighted by Crippen LogP contribution is -2.46. The van der Waals surface area contributed by atoms with Gasteiger partial charge in [0.25, 0.3) is 0 Å². The van der Waals surface area contributed by atoms with E-state index in [0.29, 0.717) is 6.04 Å². The Kier molecular flexibility index (Phi) is 7.28. The molecule has 1 heterocycles. The number of amides is 1. The Hall–Kier alpha value is -0.610.